The first-order valence-corrected chi connectivity index (χ1v) is 6.60. The lowest BCUT2D eigenvalue weighted by Crippen LogP contribution is -1.96. The second kappa shape index (κ2) is 5.45. The van der Waals surface area contributed by atoms with Crippen LogP contribution < -0.4 is 4.74 Å². The molecule has 0 bridgehead atoms. The highest BCUT2D eigenvalue weighted by molar-refractivity contribution is 9.10. The normalized spacial score (nSPS) is 10.3. The zero-order chi connectivity index (χ0) is 14.0. The molecule has 2 aromatic rings. The maximum atomic E-state index is 8.81. The van der Waals surface area contributed by atoms with Crippen molar-refractivity contribution in [2.45, 2.75) is 13.3 Å². The first kappa shape index (κ1) is 13.6. The number of hydrogen-bond donors (Lipinski definition) is 0. The smallest absolute Gasteiger partial charge is 0.144 e. The number of benzene rings is 1. The highest BCUT2D eigenvalue weighted by Crippen LogP contribution is 2.32. The number of ether oxygens (including phenoxy) is 1. The Hall–Kier alpha value is -1.80. The number of imidazole rings is 1. The summed E-state index contributed by atoms with van der Waals surface area (Å²) in [6.45, 7) is 2.02. The molecule has 0 aliphatic rings. The molecular weight excluding hydrogens is 306 g/mol. The Balaban J connectivity index is 2.62. The molecular formula is C14H14BrN3O. The first-order valence-electron chi connectivity index (χ1n) is 5.81. The van der Waals surface area contributed by atoms with Gasteiger partial charge >= 0.3 is 0 Å². The minimum Gasteiger partial charge on any atom is -0.496 e. The molecule has 0 saturated carbocycles. The van der Waals surface area contributed by atoms with Crippen LogP contribution in [0, 0.1) is 18.3 Å². The fraction of sp³-hybridized carbons (Fsp3) is 0.286. The van der Waals surface area contributed by atoms with Crippen LogP contribution in [-0.2, 0) is 13.5 Å². The van der Waals surface area contributed by atoms with Gasteiger partial charge in [-0.05, 0) is 35.0 Å². The molecule has 0 unspecified atom stereocenters. The average molecular weight is 320 g/mol. The largest absolute Gasteiger partial charge is 0.496 e. The summed E-state index contributed by atoms with van der Waals surface area (Å²) in [5.74, 6) is 1.56. The Morgan fingerprint density at radius 2 is 2.21 bits per heavy atom. The molecule has 5 heteroatoms. The lowest BCUT2D eigenvalue weighted by molar-refractivity contribution is 0.416. The third-order valence-corrected chi connectivity index (χ3v) is 3.92. The molecule has 0 atom stereocenters. The van der Waals surface area contributed by atoms with Crippen LogP contribution in [-0.4, -0.2) is 16.7 Å². The van der Waals surface area contributed by atoms with Gasteiger partial charge in [0.1, 0.15) is 16.2 Å². The summed E-state index contributed by atoms with van der Waals surface area (Å²) in [6, 6.07) is 8.08. The summed E-state index contributed by atoms with van der Waals surface area (Å²) in [5, 5.41) is 8.81. The molecule has 0 radical (unpaired) electrons. The number of aryl methyl sites for hydroxylation is 1. The summed E-state index contributed by atoms with van der Waals surface area (Å²) in [4.78, 5) is 4.53. The summed E-state index contributed by atoms with van der Waals surface area (Å²) < 4.78 is 8.13. The molecule has 0 saturated heterocycles. The Labute approximate surface area is 120 Å². The Bertz CT molecular complexity index is 655. The number of nitrogens with zero attached hydrogens (tertiary/aromatic N) is 3. The van der Waals surface area contributed by atoms with Gasteiger partial charge in [0.25, 0.3) is 0 Å². The van der Waals surface area contributed by atoms with Gasteiger partial charge in [0.2, 0.25) is 0 Å². The second-order valence-corrected chi connectivity index (χ2v) is 5.02. The number of nitriles is 1. The summed E-state index contributed by atoms with van der Waals surface area (Å²) in [6.07, 6.45) is 0.280. The van der Waals surface area contributed by atoms with Gasteiger partial charge in [-0.15, -0.1) is 0 Å². The van der Waals surface area contributed by atoms with Crippen LogP contribution in [0.2, 0.25) is 0 Å². The van der Waals surface area contributed by atoms with Gasteiger partial charge in [-0.25, -0.2) is 4.98 Å². The minimum absolute atomic E-state index is 0.280. The molecule has 0 spiro atoms. The standard InChI is InChI=1S/C14H14BrN3O/c1-9-4-5-12(19-3)10(8-9)14-17-11(6-7-16)13(15)18(14)2/h4-5,8H,6H2,1-3H3. The molecule has 0 N–H and O–H groups in total. The van der Waals surface area contributed by atoms with E-state index in [4.69, 9.17) is 10.00 Å². The predicted molar refractivity (Wildman–Crippen MR) is 77.0 cm³/mol. The summed E-state index contributed by atoms with van der Waals surface area (Å²) >= 11 is 3.47. The number of rotatable bonds is 3. The van der Waals surface area contributed by atoms with Gasteiger partial charge < -0.3 is 9.30 Å². The molecule has 0 aliphatic carbocycles. The van der Waals surface area contributed by atoms with Crippen molar-refractivity contribution in [1.82, 2.24) is 9.55 Å². The highest BCUT2D eigenvalue weighted by Gasteiger charge is 2.17. The van der Waals surface area contributed by atoms with Crippen LogP contribution in [0.25, 0.3) is 11.4 Å². The van der Waals surface area contributed by atoms with Gasteiger partial charge in [0.05, 0.1) is 30.9 Å². The van der Waals surface area contributed by atoms with Crippen LogP contribution in [0.3, 0.4) is 0 Å². The lowest BCUT2D eigenvalue weighted by atomic mass is 10.1. The van der Waals surface area contributed by atoms with Crippen molar-refractivity contribution in [1.29, 1.82) is 5.26 Å². The summed E-state index contributed by atoms with van der Waals surface area (Å²) in [5.41, 5.74) is 2.80. The fourth-order valence-corrected chi connectivity index (χ4v) is 2.36. The van der Waals surface area contributed by atoms with Crippen molar-refractivity contribution in [2.75, 3.05) is 7.11 Å². The van der Waals surface area contributed by atoms with Gasteiger partial charge in [0, 0.05) is 7.05 Å². The first-order chi connectivity index (χ1) is 9.08. The van der Waals surface area contributed by atoms with Crippen molar-refractivity contribution in [3.8, 4) is 23.2 Å². The van der Waals surface area contributed by atoms with Crippen molar-refractivity contribution < 1.29 is 4.74 Å². The van der Waals surface area contributed by atoms with Crippen LogP contribution in [0.15, 0.2) is 22.8 Å². The Morgan fingerprint density at radius 3 is 2.84 bits per heavy atom. The van der Waals surface area contributed by atoms with Gasteiger partial charge in [0.15, 0.2) is 0 Å². The van der Waals surface area contributed by atoms with Crippen molar-refractivity contribution in [3.05, 3.63) is 34.1 Å². The zero-order valence-electron chi connectivity index (χ0n) is 11.1. The van der Waals surface area contributed by atoms with E-state index in [1.807, 2.05) is 36.7 Å². The molecule has 4 nitrogen and oxygen atoms in total. The fourth-order valence-electron chi connectivity index (χ4n) is 1.96. The predicted octanol–water partition coefficient (Wildman–Crippen LogP) is 3.23. The topological polar surface area (TPSA) is 50.8 Å². The van der Waals surface area contributed by atoms with E-state index < -0.39 is 0 Å². The highest BCUT2D eigenvalue weighted by atomic mass is 79.9. The van der Waals surface area contributed by atoms with E-state index in [2.05, 4.69) is 27.0 Å². The molecule has 19 heavy (non-hydrogen) atoms. The van der Waals surface area contributed by atoms with Crippen LogP contribution in [0.4, 0.5) is 0 Å². The number of halogens is 1. The molecule has 1 heterocycles. The number of hydrogen-bond acceptors (Lipinski definition) is 3. The van der Waals surface area contributed by atoms with Crippen molar-refractivity contribution in [2.24, 2.45) is 7.05 Å². The van der Waals surface area contributed by atoms with Gasteiger partial charge in [-0.1, -0.05) is 11.6 Å². The monoisotopic (exact) mass is 319 g/mol. The van der Waals surface area contributed by atoms with E-state index in [9.17, 15) is 0 Å². The minimum atomic E-state index is 0.280. The number of methoxy groups -OCH3 is 1. The number of aromatic nitrogens is 2. The van der Waals surface area contributed by atoms with E-state index in [-0.39, 0.29) is 6.42 Å². The van der Waals surface area contributed by atoms with E-state index in [1.165, 1.54) is 0 Å². The molecule has 1 aromatic carbocycles. The van der Waals surface area contributed by atoms with E-state index in [0.29, 0.717) is 0 Å². The molecule has 1 aromatic heterocycles. The van der Waals surface area contributed by atoms with Crippen LogP contribution >= 0.6 is 15.9 Å². The van der Waals surface area contributed by atoms with E-state index in [0.717, 1.165) is 33.0 Å². The lowest BCUT2D eigenvalue weighted by Gasteiger charge is -2.09. The summed E-state index contributed by atoms with van der Waals surface area (Å²) in [7, 11) is 3.55. The van der Waals surface area contributed by atoms with Crippen LogP contribution in [0.5, 0.6) is 5.75 Å². The van der Waals surface area contributed by atoms with Gasteiger partial charge in [-0.2, -0.15) is 5.26 Å². The van der Waals surface area contributed by atoms with Crippen LogP contribution in [0.1, 0.15) is 11.3 Å². The quantitative estimate of drug-likeness (QED) is 0.872. The van der Waals surface area contributed by atoms with Gasteiger partial charge in [-0.3, -0.25) is 0 Å². The van der Waals surface area contributed by atoms with Crippen molar-refractivity contribution in [3.63, 3.8) is 0 Å². The molecule has 0 fully saturated rings. The molecule has 0 amide bonds. The third-order valence-electron chi connectivity index (χ3n) is 2.93. The van der Waals surface area contributed by atoms with E-state index >= 15 is 0 Å². The third kappa shape index (κ3) is 2.49. The average Bonchev–Trinajstić information content (AvgIpc) is 2.67. The van der Waals surface area contributed by atoms with Crippen molar-refractivity contribution >= 4 is 15.9 Å². The Morgan fingerprint density at radius 1 is 1.47 bits per heavy atom. The second-order valence-electron chi connectivity index (χ2n) is 4.27. The molecule has 0 aliphatic heterocycles. The SMILES string of the molecule is COc1ccc(C)cc1-c1nc(CC#N)c(Br)n1C. The maximum Gasteiger partial charge on any atom is 0.144 e. The van der Waals surface area contributed by atoms with E-state index in [1.54, 1.807) is 7.11 Å². The zero-order valence-corrected chi connectivity index (χ0v) is 12.7. The maximum absolute atomic E-state index is 8.81. The molecule has 98 valence electrons. The Kier molecular flexibility index (Phi) is 3.91. The molecule has 2 rings (SSSR count).